The summed E-state index contributed by atoms with van der Waals surface area (Å²) >= 11 is 6.51. The first-order valence-corrected chi connectivity index (χ1v) is 8.27. The van der Waals surface area contributed by atoms with Crippen molar-refractivity contribution in [1.29, 1.82) is 0 Å². The Hall–Kier alpha value is -0.730. The van der Waals surface area contributed by atoms with E-state index in [1.807, 2.05) is 0 Å². The van der Waals surface area contributed by atoms with Crippen molar-refractivity contribution in [1.82, 2.24) is 5.32 Å². The van der Waals surface area contributed by atoms with Gasteiger partial charge in [-0.1, -0.05) is 44.9 Å². The van der Waals surface area contributed by atoms with Crippen LogP contribution in [-0.2, 0) is 6.54 Å². The number of rotatable bonds is 9. The van der Waals surface area contributed by atoms with Gasteiger partial charge in [0.1, 0.15) is 0 Å². The molecule has 2 nitrogen and oxygen atoms in total. The fourth-order valence-corrected chi connectivity index (χ4v) is 2.60. The van der Waals surface area contributed by atoms with Crippen LogP contribution in [0.25, 0.3) is 0 Å². The zero-order valence-corrected chi connectivity index (χ0v) is 14.1. The van der Waals surface area contributed by atoms with Gasteiger partial charge in [0.2, 0.25) is 0 Å². The summed E-state index contributed by atoms with van der Waals surface area (Å²) in [6.07, 6.45) is 3.56. The summed E-state index contributed by atoms with van der Waals surface area (Å²) in [4.78, 5) is 2.45. The van der Waals surface area contributed by atoms with Gasteiger partial charge in [-0.25, -0.2) is 0 Å². The van der Waals surface area contributed by atoms with Gasteiger partial charge >= 0.3 is 0 Å². The Morgan fingerprint density at radius 3 is 2.55 bits per heavy atom. The molecule has 114 valence electrons. The van der Waals surface area contributed by atoms with Crippen LogP contribution in [0.5, 0.6) is 0 Å². The van der Waals surface area contributed by atoms with Gasteiger partial charge in [-0.2, -0.15) is 0 Å². The van der Waals surface area contributed by atoms with E-state index in [1.165, 1.54) is 24.1 Å². The van der Waals surface area contributed by atoms with E-state index in [9.17, 15) is 0 Å². The van der Waals surface area contributed by atoms with Crippen molar-refractivity contribution in [3.05, 3.63) is 28.8 Å². The minimum Gasteiger partial charge on any atom is -0.368 e. The van der Waals surface area contributed by atoms with Gasteiger partial charge in [0.25, 0.3) is 0 Å². The molecule has 0 aromatic heterocycles. The molecule has 0 bridgehead atoms. The average molecular weight is 297 g/mol. The molecule has 0 aliphatic rings. The Morgan fingerprint density at radius 2 is 2.00 bits per heavy atom. The third-order valence-corrected chi connectivity index (χ3v) is 4.08. The van der Waals surface area contributed by atoms with Gasteiger partial charge in [-0.15, -0.1) is 0 Å². The van der Waals surface area contributed by atoms with E-state index in [1.54, 1.807) is 0 Å². The summed E-state index contributed by atoms with van der Waals surface area (Å²) in [6, 6.07) is 6.99. The molecule has 1 aromatic rings. The number of hydrogen-bond donors (Lipinski definition) is 1. The maximum Gasteiger partial charge on any atom is 0.0642 e. The van der Waals surface area contributed by atoms with Gasteiger partial charge < -0.3 is 10.2 Å². The lowest BCUT2D eigenvalue weighted by Crippen LogP contribution is -2.33. The van der Waals surface area contributed by atoms with E-state index in [2.05, 4.69) is 56.1 Å². The third-order valence-electron chi connectivity index (χ3n) is 3.78. The summed E-state index contributed by atoms with van der Waals surface area (Å²) in [5.41, 5.74) is 2.43. The number of nitrogens with one attached hydrogen (secondary N) is 1. The Labute approximate surface area is 129 Å². The standard InChI is InChI=1S/C17H29ClN2/c1-5-8-11-20(14(4)6-2)17-10-9-15(12-16(17)18)13-19-7-3/h9-10,12,14,19H,5-8,11,13H2,1-4H3. The van der Waals surface area contributed by atoms with E-state index < -0.39 is 0 Å². The molecule has 0 aliphatic carbocycles. The first kappa shape index (κ1) is 17.3. The molecule has 0 heterocycles. The molecule has 0 fully saturated rings. The quantitative estimate of drug-likeness (QED) is 0.700. The van der Waals surface area contributed by atoms with Crippen LogP contribution >= 0.6 is 11.6 Å². The largest absolute Gasteiger partial charge is 0.368 e. The van der Waals surface area contributed by atoms with Gasteiger partial charge in [0, 0.05) is 19.1 Å². The van der Waals surface area contributed by atoms with Crippen molar-refractivity contribution in [2.45, 2.75) is 59.5 Å². The summed E-state index contributed by atoms with van der Waals surface area (Å²) in [7, 11) is 0. The number of anilines is 1. The van der Waals surface area contributed by atoms with Crippen LogP contribution in [-0.4, -0.2) is 19.1 Å². The topological polar surface area (TPSA) is 15.3 Å². The van der Waals surface area contributed by atoms with E-state index in [0.29, 0.717) is 6.04 Å². The van der Waals surface area contributed by atoms with Crippen LogP contribution in [0.3, 0.4) is 0 Å². The fraction of sp³-hybridized carbons (Fsp3) is 0.647. The monoisotopic (exact) mass is 296 g/mol. The molecule has 0 spiro atoms. The van der Waals surface area contributed by atoms with E-state index in [0.717, 1.165) is 31.1 Å². The van der Waals surface area contributed by atoms with Crippen molar-refractivity contribution in [3.8, 4) is 0 Å². The van der Waals surface area contributed by atoms with Crippen LogP contribution in [0.4, 0.5) is 5.69 Å². The lowest BCUT2D eigenvalue weighted by atomic mass is 10.1. The lowest BCUT2D eigenvalue weighted by molar-refractivity contribution is 0.595. The first-order chi connectivity index (χ1) is 9.63. The van der Waals surface area contributed by atoms with Crippen LogP contribution in [0.1, 0.15) is 52.5 Å². The SMILES string of the molecule is CCCCN(c1ccc(CNCC)cc1Cl)C(C)CC. The Morgan fingerprint density at radius 1 is 1.25 bits per heavy atom. The second-order valence-corrected chi connectivity index (χ2v) is 5.78. The highest BCUT2D eigenvalue weighted by atomic mass is 35.5. The summed E-state index contributed by atoms with van der Waals surface area (Å²) in [5, 5.41) is 4.21. The highest BCUT2D eigenvalue weighted by Crippen LogP contribution is 2.29. The van der Waals surface area contributed by atoms with E-state index in [-0.39, 0.29) is 0 Å². The van der Waals surface area contributed by atoms with Gasteiger partial charge in [-0.3, -0.25) is 0 Å². The smallest absolute Gasteiger partial charge is 0.0642 e. The minimum absolute atomic E-state index is 0.527. The second-order valence-electron chi connectivity index (χ2n) is 5.37. The molecule has 0 aliphatic heterocycles. The molecular formula is C17H29ClN2. The van der Waals surface area contributed by atoms with Crippen molar-refractivity contribution in [2.24, 2.45) is 0 Å². The molecular weight excluding hydrogens is 268 g/mol. The molecule has 1 N–H and O–H groups in total. The average Bonchev–Trinajstić information content (AvgIpc) is 2.46. The van der Waals surface area contributed by atoms with E-state index >= 15 is 0 Å². The lowest BCUT2D eigenvalue weighted by Gasteiger charge is -2.31. The second kappa shape index (κ2) is 9.25. The van der Waals surface area contributed by atoms with Crippen LogP contribution in [0.2, 0.25) is 5.02 Å². The molecule has 0 saturated heterocycles. The zero-order chi connectivity index (χ0) is 15.0. The maximum absolute atomic E-state index is 6.51. The Balaban J connectivity index is 2.89. The highest BCUT2D eigenvalue weighted by molar-refractivity contribution is 6.33. The predicted molar refractivity (Wildman–Crippen MR) is 90.8 cm³/mol. The molecule has 0 amide bonds. The molecule has 0 saturated carbocycles. The molecule has 1 unspecified atom stereocenters. The maximum atomic E-state index is 6.51. The van der Waals surface area contributed by atoms with Gasteiger partial charge in [0.05, 0.1) is 10.7 Å². The third kappa shape index (κ3) is 4.99. The number of nitrogens with zero attached hydrogens (tertiary/aromatic N) is 1. The number of hydrogen-bond acceptors (Lipinski definition) is 2. The van der Waals surface area contributed by atoms with Crippen LogP contribution < -0.4 is 10.2 Å². The highest BCUT2D eigenvalue weighted by Gasteiger charge is 2.15. The van der Waals surface area contributed by atoms with Crippen molar-refractivity contribution in [2.75, 3.05) is 18.0 Å². The Bertz CT molecular complexity index is 393. The number of benzene rings is 1. The van der Waals surface area contributed by atoms with Crippen molar-refractivity contribution < 1.29 is 0 Å². The molecule has 20 heavy (non-hydrogen) atoms. The first-order valence-electron chi connectivity index (χ1n) is 7.89. The fourth-order valence-electron chi connectivity index (χ4n) is 2.29. The predicted octanol–water partition coefficient (Wildman–Crippen LogP) is 4.85. The summed E-state index contributed by atoms with van der Waals surface area (Å²) in [5.74, 6) is 0. The van der Waals surface area contributed by atoms with Crippen molar-refractivity contribution in [3.63, 3.8) is 0 Å². The molecule has 0 radical (unpaired) electrons. The van der Waals surface area contributed by atoms with Crippen LogP contribution in [0.15, 0.2) is 18.2 Å². The molecule has 1 rings (SSSR count). The van der Waals surface area contributed by atoms with Crippen molar-refractivity contribution >= 4 is 17.3 Å². The van der Waals surface area contributed by atoms with Gasteiger partial charge in [0.15, 0.2) is 0 Å². The molecule has 1 atom stereocenters. The normalized spacial score (nSPS) is 12.4. The van der Waals surface area contributed by atoms with E-state index in [4.69, 9.17) is 11.6 Å². The Kier molecular flexibility index (Phi) is 8.01. The summed E-state index contributed by atoms with van der Waals surface area (Å²) < 4.78 is 0. The summed E-state index contributed by atoms with van der Waals surface area (Å²) in [6.45, 7) is 11.8. The zero-order valence-electron chi connectivity index (χ0n) is 13.4. The van der Waals surface area contributed by atoms with Gasteiger partial charge in [-0.05, 0) is 44.0 Å². The molecule has 3 heteroatoms. The van der Waals surface area contributed by atoms with Crippen LogP contribution in [0, 0.1) is 0 Å². The number of unbranched alkanes of at least 4 members (excludes halogenated alkanes) is 1. The number of halogens is 1. The minimum atomic E-state index is 0.527. The molecule has 1 aromatic carbocycles.